The standard InChI is InChI=1S/C5H8ClN/c1-5(6)3-4-7-2/h3-4,7H,1H2,2H3/b4-3-. The van der Waals surface area contributed by atoms with Crippen LogP contribution < -0.4 is 5.32 Å². The maximum atomic E-state index is 5.34. The van der Waals surface area contributed by atoms with Crippen LogP contribution in [0.2, 0.25) is 0 Å². The molecule has 2 heteroatoms. The van der Waals surface area contributed by atoms with E-state index in [1.807, 2.05) is 0 Å². The third-order valence-corrected chi connectivity index (χ3v) is 0.557. The van der Waals surface area contributed by atoms with Crippen molar-refractivity contribution in [2.75, 3.05) is 7.05 Å². The summed E-state index contributed by atoms with van der Waals surface area (Å²) in [5.74, 6) is 0. The molecule has 0 aliphatic heterocycles. The van der Waals surface area contributed by atoms with E-state index in [-0.39, 0.29) is 0 Å². The highest BCUT2D eigenvalue weighted by molar-refractivity contribution is 6.30. The average molecular weight is 118 g/mol. The number of halogens is 1. The second-order valence-electron chi connectivity index (χ2n) is 1.07. The highest BCUT2D eigenvalue weighted by Crippen LogP contribution is 1.94. The summed E-state index contributed by atoms with van der Waals surface area (Å²) in [5.41, 5.74) is 0. The van der Waals surface area contributed by atoms with Gasteiger partial charge >= 0.3 is 0 Å². The number of hydrogen-bond acceptors (Lipinski definition) is 1. The number of nitrogens with one attached hydrogen (secondary N) is 1. The molecular weight excluding hydrogens is 110 g/mol. The van der Waals surface area contributed by atoms with E-state index in [0.717, 1.165) is 0 Å². The van der Waals surface area contributed by atoms with Gasteiger partial charge in [0.15, 0.2) is 0 Å². The quantitative estimate of drug-likeness (QED) is 0.540. The molecule has 0 spiro atoms. The molecule has 0 rings (SSSR count). The van der Waals surface area contributed by atoms with Crippen LogP contribution in [-0.2, 0) is 0 Å². The van der Waals surface area contributed by atoms with Crippen molar-refractivity contribution in [3.05, 3.63) is 23.9 Å². The van der Waals surface area contributed by atoms with Gasteiger partial charge in [0.2, 0.25) is 0 Å². The van der Waals surface area contributed by atoms with Gasteiger partial charge in [-0.05, 0) is 12.3 Å². The monoisotopic (exact) mass is 117 g/mol. The zero-order valence-electron chi connectivity index (χ0n) is 4.24. The molecule has 1 nitrogen and oxygen atoms in total. The Balaban J connectivity index is 3.26. The fourth-order valence-electron chi connectivity index (χ4n) is 0.174. The number of allylic oxidation sites excluding steroid dienone is 2. The third kappa shape index (κ3) is 5.57. The Morgan fingerprint density at radius 3 is 2.57 bits per heavy atom. The molecule has 0 unspecified atom stereocenters. The van der Waals surface area contributed by atoms with Crippen LogP contribution >= 0.6 is 11.6 Å². The minimum atomic E-state index is 0.536. The molecule has 0 saturated heterocycles. The molecule has 40 valence electrons. The molecule has 0 bridgehead atoms. The Kier molecular flexibility index (Phi) is 3.52. The lowest BCUT2D eigenvalue weighted by atomic mass is 10.6. The molecule has 0 fully saturated rings. The molecule has 0 aliphatic rings. The van der Waals surface area contributed by atoms with E-state index >= 15 is 0 Å². The lowest BCUT2D eigenvalue weighted by molar-refractivity contribution is 1.10. The van der Waals surface area contributed by atoms with Crippen molar-refractivity contribution < 1.29 is 0 Å². The van der Waals surface area contributed by atoms with E-state index in [0.29, 0.717) is 5.03 Å². The van der Waals surface area contributed by atoms with E-state index in [1.54, 1.807) is 19.3 Å². The van der Waals surface area contributed by atoms with Crippen molar-refractivity contribution in [2.45, 2.75) is 0 Å². The third-order valence-electron chi connectivity index (χ3n) is 0.431. The van der Waals surface area contributed by atoms with Crippen molar-refractivity contribution in [1.82, 2.24) is 5.32 Å². The van der Waals surface area contributed by atoms with Gasteiger partial charge in [-0.15, -0.1) is 0 Å². The normalized spacial score (nSPS) is 9.43. The van der Waals surface area contributed by atoms with Crippen molar-refractivity contribution in [2.24, 2.45) is 0 Å². The van der Waals surface area contributed by atoms with Crippen LogP contribution in [0.1, 0.15) is 0 Å². The lowest BCUT2D eigenvalue weighted by Gasteiger charge is -1.81. The Labute approximate surface area is 48.7 Å². The van der Waals surface area contributed by atoms with E-state index in [1.165, 1.54) is 0 Å². The summed E-state index contributed by atoms with van der Waals surface area (Å²) in [4.78, 5) is 0. The zero-order chi connectivity index (χ0) is 5.70. The molecule has 0 aliphatic carbocycles. The van der Waals surface area contributed by atoms with Gasteiger partial charge in [-0.3, -0.25) is 0 Å². The van der Waals surface area contributed by atoms with Gasteiger partial charge in [-0.2, -0.15) is 0 Å². The first-order valence-electron chi connectivity index (χ1n) is 1.95. The molecule has 0 aromatic heterocycles. The Morgan fingerprint density at radius 2 is 2.43 bits per heavy atom. The van der Waals surface area contributed by atoms with Crippen LogP contribution in [0.5, 0.6) is 0 Å². The summed E-state index contributed by atoms with van der Waals surface area (Å²) in [7, 11) is 1.80. The summed E-state index contributed by atoms with van der Waals surface area (Å²) in [6.45, 7) is 3.43. The number of hydrogen-bond donors (Lipinski definition) is 1. The first-order chi connectivity index (χ1) is 3.27. The van der Waals surface area contributed by atoms with Gasteiger partial charge in [0.05, 0.1) is 0 Å². The Morgan fingerprint density at radius 1 is 1.86 bits per heavy atom. The summed E-state index contributed by atoms with van der Waals surface area (Å²) >= 11 is 5.34. The molecule has 0 atom stereocenters. The Hall–Kier alpha value is -0.430. The fraction of sp³-hybridized carbons (Fsp3) is 0.200. The van der Waals surface area contributed by atoms with E-state index in [2.05, 4.69) is 11.9 Å². The minimum Gasteiger partial charge on any atom is -0.394 e. The largest absolute Gasteiger partial charge is 0.394 e. The van der Waals surface area contributed by atoms with Crippen LogP contribution in [0.4, 0.5) is 0 Å². The summed E-state index contributed by atoms with van der Waals surface area (Å²) in [6, 6.07) is 0. The van der Waals surface area contributed by atoms with Gasteiger partial charge in [0.25, 0.3) is 0 Å². The predicted octanol–water partition coefficient (Wildman–Crippen LogP) is 1.47. The molecule has 0 aromatic rings. The summed E-state index contributed by atoms with van der Waals surface area (Å²) < 4.78 is 0. The highest BCUT2D eigenvalue weighted by Gasteiger charge is 1.69. The van der Waals surface area contributed by atoms with Gasteiger partial charge in [-0.1, -0.05) is 18.2 Å². The average Bonchev–Trinajstić information content (AvgIpc) is 1.61. The van der Waals surface area contributed by atoms with E-state index in [9.17, 15) is 0 Å². The predicted molar refractivity (Wildman–Crippen MR) is 33.2 cm³/mol. The molecule has 0 radical (unpaired) electrons. The van der Waals surface area contributed by atoms with Gasteiger partial charge in [-0.25, -0.2) is 0 Å². The second kappa shape index (κ2) is 3.75. The van der Waals surface area contributed by atoms with Crippen LogP contribution in [0.3, 0.4) is 0 Å². The molecule has 0 aromatic carbocycles. The molecule has 0 saturated carbocycles. The molecular formula is C5H8ClN. The maximum Gasteiger partial charge on any atom is 0.0348 e. The van der Waals surface area contributed by atoms with Crippen LogP contribution in [0.25, 0.3) is 0 Å². The summed E-state index contributed by atoms with van der Waals surface area (Å²) in [5, 5.41) is 3.31. The zero-order valence-corrected chi connectivity index (χ0v) is 5.00. The summed E-state index contributed by atoms with van der Waals surface area (Å²) in [6.07, 6.45) is 3.40. The van der Waals surface area contributed by atoms with E-state index < -0.39 is 0 Å². The molecule has 0 amide bonds. The fourth-order valence-corrected chi connectivity index (χ4v) is 0.237. The van der Waals surface area contributed by atoms with Crippen LogP contribution in [0.15, 0.2) is 23.9 Å². The topological polar surface area (TPSA) is 12.0 Å². The first-order valence-corrected chi connectivity index (χ1v) is 2.33. The van der Waals surface area contributed by atoms with Crippen LogP contribution in [0, 0.1) is 0 Å². The van der Waals surface area contributed by atoms with Crippen molar-refractivity contribution >= 4 is 11.6 Å². The highest BCUT2D eigenvalue weighted by atomic mass is 35.5. The number of rotatable bonds is 2. The molecule has 0 heterocycles. The molecule has 1 N–H and O–H groups in total. The van der Waals surface area contributed by atoms with Gasteiger partial charge in [0.1, 0.15) is 0 Å². The lowest BCUT2D eigenvalue weighted by Crippen LogP contribution is -1.90. The minimum absolute atomic E-state index is 0.536. The Bertz CT molecular complexity index is 86.1. The van der Waals surface area contributed by atoms with Crippen LogP contribution in [-0.4, -0.2) is 7.05 Å². The van der Waals surface area contributed by atoms with E-state index in [4.69, 9.17) is 11.6 Å². The second-order valence-corrected chi connectivity index (χ2v) is 1.55. The smallest absolute Gasteiger partial charge is 0.0348 e. The van der Waals surface area contributed by atoms with Gasteiger partial charge in [0, 0.05) is 12.1 Å². The van der Waals surface area contributed by atoms with Crippen molar-refractivity contribution in [3.8, 4) is 0 Å². The SMILES string of the molecule is C=C(Cl)/C=C\NC. The van der Waals surface area contributed by atoms with Gasteiger partial charge < -0.3 is 5.32 Å². The maximum absolute atomic E-state index is 5.34. The van der Waals surface area contributed by atoms with Crippen molar-refractivity contribution in [3.63, 3.8) is 0 Å². The van der Waals surface area contributed by atoms with Crippen molar-refractivity contribution in [1.29, 1.82) is 0 Å². The molecule has 7 heavy (non-hydrogen) atoms. The first kappa shape index (κ1) is 6.57.